The molecule has 0 saturated carbocycles. The van der Waals surface area contributed by atoms with Crippen LogP contribution in [0.1, 0.15) is 45.7 Å². The molecule has 136 valence electrons. The van der Waals surface area contributed by atoms with Crippen LogP contribution in [0.15, 0.2) is 42.5 Å². The van der Waals surface area contributed by atoms with Crippen LogP contribution in [0.4, 0.5) is 8.78 Å². The van der Waals surface area contributed by atoms with Crippen molar-refractivity contribution in [3.63, 3.8) is 0 Å². The van der Waals surface area contributed by atoms with Crippen LogP contribution in [0.2, 0.25) is 0 Å². The van der Waals surface area contributed by atoms with Crippen molar-refractivity contribution in [2.45, 2.75) is 44.9 Å². The molecule has 2 aromatic rings. The Morgan fingerprint density at radius 1 is 1.12 bits per heavy atom. The van der Waals surface area contributed by atoms with Crippen LogP contribution in [0, 0.1) is 11.6 Å². The highest BCUT2D eigenvalue weighted by molar-refractivity contribution is 7.90. The summed E-state index contributed by atoms with van der Waals surface area (Å²) in [5.74, 6) is -1.67. The van der Waals surface area contributed by atoms with E-state index in [1.807, 2.05) is 27.7 Å². The summed E-state index contributed by atoms with van der Waals surface area (Å²) in [4.78, 5) is 0. The van der Waals surface area contributed by atoms with Crippen LogP contribution in [-0.2, 0) is 11.4 Å². The highest BCUT2D eigenvalue weighted by Gasteiger charge is 2.31. The van der Waals surface area contributed by atoms with Gasteiger partial charge < -0.3 is 9.29 Å². The number of ether oxygens (including phenoxy) is 1. The Labute approximate surface area is 150 Å². The number of benzene rings is 2. The van der Waals surface area contributed by atoms with Gasteiger partial charge in [-0.05, 0) is 45.4 Å². The third kappa shape index (κ3) is 4.93. The minimum atomic E-state index is -1.38. The van der Waals surface area contributed by atoms with Crippen LogP contribution >= 0.6 is 0 Å². The average molecular weight is 367 g/mol. The van der Waals surface area contributed by atoms with Crippen molar-refractivity contribution >= 4 is 11.4 Å². The molecule has 0 heterocycles. The molecule has 6 heteroatoms. The number of hydrogen-bond acceptors (Lipinski definition) is 3. The molecule has 0 bridgehead atoms. The Hall–Kier alpha value is -1.63. The summed E-state index contributed by atoms with van der Waals surface area (Å²) in [5, 5.41) is 0. The molecule has 0 spiro atoms. The third-order valence-electron chi connectivity index (χ3n) is 3.63. The van der Waals surface area contributed by atoms with E-state index in [-0.39, 0.29) is 5.56 Å². The van der Waals surface area contributed by atoms with Crippen LogP contribution in [0.25, 0.3) is 0 Å². The summed E-state index contributed by atoms with van der Waals surface area (Å²) in [6.45, 7) is 7.33. The quantitative estimate of drug-likeness (QED) is 0.708. The van der Waals surface area contributed by atoms with Crippen molar-refractivity contribution in [3.8, 4) is 11.5 Å². The van der Waals surface area contributed by atoms with Crippen molar-refractivity contribution in [3.05, 3.63) is 59.7 Å². The Morgan fingerprint density at radius 2 is 1.76 bits per heavy atom. The van der Waals surface area contributed by atoms with E-state index in [1.165, 1.54) is 12.1 Å². The summed E-state index contributed by atoms with van der Waals surface area (Å²) < 4.78 is 49.2. The smallest absolute Gasteiger partial charge is 0.198 e. The monoisotopic (exact) mass is 367 g/mol. The van der Waals surface area contributed by atoms with Gasteiger partial charge in [-0.2, -0.15) is 0 Å². The summed E-state index contributed by atoms with van der Waals surface area (Å²) in [6, 6.07) is 10.5. The lowest BCUT2D eigenvalue weighted by atomic mass is 10.0. The molecule has 0 aliphatic rings. The van der Waals surface area contributed by atoms with Crippen LogP contribution in [0.5, 0.6) is 11.5 Å². The Kier molecular flexibility index (Phi) is 6.43. The first-order valence-corrected chi connectivity index (χ1v) is 9.28. The second kappa shape index (κ2) is 8.17. The van der Waals surface area contributed by atoms with E-state index in [1.54, 1.807) is 30.3 Å². The summed E-state index contributed by atoms with van der Waals surface area (Å²) in [7, 11) is 0. The standard InChI is InChI=1S/C19H23F2NO2S/c1-5-16(22-25(23)19(2,3)4)14-11-12-15(20)18(17(14)21)24-13-9-7-6-8-10-13/h6-12,16,22H,5H2,1-4H3/t16-,25?/m0/s1. The van der Waals surface area contributed by atoms with Crippen LogP contribution in [0.3, 0.4) is 0 Å². The maximum absolute atomic E-state index is 14.9. The number of nitrogens with one attached hydrogen (secondary N) is 1. The maximum atomic E-state index is 14.9. The second-order valence-corrected chi connectivity index (χ2v) is 8.65. The van der Waals surface area contributed by atoms with Gasteiger partial charge >= 0.3 is 0 Å². The van der Waals surface area contributed by atoms with Gasteiger partial charge in [0.15, 0.2) is 17.4 Å². The lowest BCUT2D eigenvalue weighted by Crippen LogP contribution is -2.41. The highest BCUT2D eigenvalue weighted by Crippen LogP contribution is 2.33. The van der Waals surface area contributed by atoms with Gasteiger partial charge in [-0.3, -0.25) is 0 Å². The zero-order chi connectivity index (χ0) is 18.6. The minimum Gasteiger partial charge on any atom is -0.598 e. The summed E-state index contributed by atoms with van der Waals surface area (Å²) >= 11 is -1.38. The molecule has 1 unspecified atom stereocenters. The summed E-state index contributed by atoms with van der Waals surface area (Å²) in [5.41, 5.74) is 0.229. The van der Waals surface area contributed by atoms with Crippen LogP contribution in [-0.4, -0.2) is 9.30 Å². The normalized spacial score (nSPS) is 14.2. The predicted octanol–water partition coefficient (Wildman–Crippen LogP) is 5.26. The molecule has 0 radical (unpaired) electrons. The Balaban J connectivity index is 2.33. The van der Waals surface area contributed by atoms with Crippen molar-refractivity contribution in [2.24, 2.45) is 0 Å². The second-order valence-electron chi connectivity index (χ2n) is 6.65. The van der Waals surface area contributed by atoms with E-state index in [0.717, 1.165) is 0 Å². The average Bonchev–Trinajstić information content (AvgIpc) is 2.57. The number of hydrogen-bond donors (Lipinski definition) is 1. The molecular weight excluding hydrogens is 344 g/mol. The molecule has 25 heavy (non-hydrogen) atoms. The minimum absolute atomic E-state index is 0.229. The van der Waals surface area contributed by atoms with Gasteiger partial charge in [0, 0.05) is 16.9 Å². The van der Waals surface area contributed by atoms with E-state index < -0.39 is 39.5 Å². The fourth-order valence-electron chi connectivity index (χ4n) is 2.19. The molecule has 0 aliphatic heterocycles. The Bertz CT molecular complexity index is 705. The van der Waals surface area contributed by atoms with Gasteiger partial charge in [-0.1, -0.05) is 31.2 Å². The molecule has 0 amide bonds. The fraction of sp³-hybridized carbons (Fsp3) is 0.368. The number of halogens is 2. The van der Waals surface area contributed by atoms with E-state index in [2.05, 4.69) is 4.72 Å². The van der Waals surface area contributed by atoms with Gasteiger partial charge in [0.05, 0.1) is 6.04 Å². The first kappa shape index (κ1) is 19.7. The van der Waals surface area contributed by atoms with E-state index in [9.17, 15) is 13.3 Å². The van der Waals surface area contributed by atoms with E-state index >= 15 is 0 Å². The topological polar surface area (TPSA) is 44.3 Å². The molecule has 3 nitrogen and oxygen atoms in total. The van der Waals surface area contributed by atoms with Gasteiger partial charge in [-0.15, -0.1) is 4.72 Å². The lowest BCUT2D eigenvalue weighted by molar-refractivity contribution is 0.399. The van der Waals surface area contributed by atoms with Crippen LogP contribution < -0.4 is 9.46 Å². The molecule has 2 rings (SSSR count). The zero-order valence-corrected chi connectivity index (χ0v) is 15.6. The fourth-order valence-corrected chi connectivity index (χ4v) is 3.10. The van der Waals surface area contributed by atoms with Gasteiger partial charge in [0.2, 0.25) is 0 Å². The SMILES string of the molecule is CC[C@H](N[S+]([O-])C(C)(C)C)c1ccc(F)c(Oc2ccccc2)c1F. The molecule has 0 saturated heterocycles. The highest BCUT2D eigenvalue weighted by atomic mass is 32.2. The van der Waals surface area contributed by atoms with Gasteiger partial charge in [0.1, 0.15) is 10.5 Å². The van der Waals surface area contributed by atoms with Crippen molar-refractivity contribution in [2.75, 3.05) is 0 Å². The first-order chi connectivity index (χ1) is 11.7. The number of para-hydroxylation sites is 1. The Morgan fingerprint density at radius 3 is 2.32 bits per heavy atom. The molecule has 0 fully saturated rings. The largest absolute Gasteiger partial charge is 0.598 e. The van der Waals surface area contributed by atoms with Crippen molar-refractivity contribution in [1.82, 2.24) is 4.72 Å². The third-order valence-corrected chi connectivity index (χ3v) is 5.24. The first-order valence-electron chi connectivity index (χ1n) is 8.13. The van der Waals surface area contributed by atoms with Gasteiger partial charge in [-0.25, -0.2) is 8.78 Å². The summed E-state index contributed by atoms with van der Waals surface area (Å²) in [6.07, 6.45) is 0.495. The number of rotatable bonds is 6. The zero-order valence-electron chi connectivity index (χ0n) is 14.8. The molecule has 2 atom stereocenters. The predicted molar refractivity (Wildman–Crippen MR) is 96.9 cm³/mol. The van der Waals surface area contributed by atoms with Crippen molar-refractivity contribution < 1.29 is 18.1 Å². The van der Waals surface area contributed by atoms with Crippen molar-refractivity contribution in [1.29, 1.82) is 0 Å². The molecule has 1 N–H and O–H groups in total. The maximum Gasteiger partial charge on any atom is 0.198 e. The molecule has 0 aliphatic carbocycles. The molecule has 2 aromatic carbocycles. The van der Waals surface area contributed by atoms with Gasteiger partial charge in [0.25, 0.3) is 0 Å². The molecular formula is C19H23F2NO2S. The van der Waals surface area contributed by atoms with E-state index in [4.69, 9.17) is 4.74 Å². The van der Waals surface area contributed by atoms with E-state index in [0.29, 0.717) is 12.2 Å². The lowest BCUT2D eigenvalue weighted by Gasteiger charge is -2.28. The molecule has 0 aromatic heterocycles.